The van der Waals surface area contributed by atoms with Gasteiger partial charge in [0.15, 0.2) is 0 Å². The minimum Gasteiger partial charge on any atom is -0.352 e. The Bertz CT molecular complexity index is 243. The molecule has 1 unspecified atom stereocenters. The van der Waals surface area contributed by atoms with Crippen molar-refractivity contribution < 1.29 is 4.79 Å². The van der Waals surface area contributed by atoms with Gasteiger partial charge in [-0.15, -0.1) is 0 Å². The number of carbonyl (C=O) groups is 1. The van der Waals surface area contributed by atoms with Crippen LogP contribution >= 0.6 is 0 Å². The Hall–Kier alpha value is -0.570. The molecule has 1 saturated carbocycles. The molecule has 2 fully saturated rings. The lowest BCUT2D eigenvalue weighted by Gasteiger charge is -2.30. The largest absolute Gasteiger partial charge is 0.352 e. The average molecular weight is 238 g/mol. The number of rotatable bonds is 3. The van der Waals surface area contributed by atoms with Gasteiger partial charge in [-0.2, -0.15) is 0 Å². The van der Waals surface area contributed by atoms with Gasteiger partial charge in [0.25, 0.3) is 0 Å². The van der Waals surface area contributed by atoms with E-state index in [1.807, 2.05) is 0 Å². The summed E-state index contributed by atoms with van der Waals surface area (Å²) >= 11 is 0. The number of hydrogen-bond acceptors (Lipinski definition) is 2. The van der Waals surface area contributed by atoms with E-state index in [0.717, 1.165) is 13.0 Å². The first kappa shape index (κ1) is 12.9. The molecule has 1 amide bonds. The van der Waals surface area contributed by atoms with Crippen LogP contribution in [0.1, 0.15) is 58.3 Å². The number of piperidine rings is 1. The zero-order valence-corrected chi connectivity index (χ0v) is 11.0. The molecule has 3 heteroatoms. The Labute approximate surface area is 105 Å². The second kappa shape index (κ2) is 6.39. The van der Waals surface area contributed by atoms with Crippen molar-refractivity contribution in [1.29, 1.82) is 0 Å². The van der Waals surface area contributed by atoms with Crippen molar-refractivity contribution in [3.8, 4) is 0 Å². The molecule has 0 bridgehead atoms. The lowest BCUT2D eigenvalue weighted by molar-refractivity contribution is -0.124. The predicted octanol–water partition coefficient (Wildman–Crippen LogP) is 2.21. The minimum atomic E-state index is 0.0646. The fourth-order valence-electron chi connectivity index (χ4n) is 3.15. The van der Waals surface area contributed by atoms with E-state index in [1.54, 1.807) is 0 Å². The molecule has 2 atom stereocenters. The molecule has 2 rings (SSSR count). The fraction of sp³-hybridized carbons (Fsp3) is 0.929. The van der Waals surface area contributed by atoms with E-state index in [0.29, 0.717) is 12.0 Å². The zero-order chi connectivity index (χ0) is 12.1. The fourth-order valence-corrected chi connectivity index (χ4v) is 3.15. The highest BCUT2D eigenvalue weighted by Crippen LogP contribution is 2.26. The van der Waals surface area contributed by atoms with Gasteiger partial charge in [-0.3, -0.25) is 4.79 Å². The molecule has 1 aliphatic carbocycles. The Morgan fingerprint density at radius 1 is 1.12 bits per heavy atom. The van der Waals surface area contributed by atoms with Crippen molar-refractivity contribution in [3.63, 3.8) is 0 Å². The lowest BCUT2D eigenvalue weighted by Crippen LogP contribution is -2.50. The molecule has 0 spiro atoms. The Balaban J connectivity index is 1.76. The van der Waals surface area contributed by atoms with Crippen molar-refractivity contribution in [3.05, 3.63) is 0 Å². The van der Waals surface area contributed by atoms with E-state index in [2.05, 4.69) is 17.6 Å². The smallest absolute Gasteiger partial charge is 0.237 e. The first-order chi connectivity index (χ1) is 8.27. The summed E-state index contributed by atoms with van der Waals surface area (Å²) in [5.74, 6) is 0.930. The molecule has 0 aromatic rings. The van der Waals surface area contributed by atoms with Gasteiger partial charge >= 0.3 is 0 Å². The molecule has 1 heterocycles. The third-order valence-corrected chi connectivity index (χ3v) is 4.35. The van der Waals surface area contributed by atoms with Crippen LogP contribution in [0, 0.1) is 5.92 Å². The van der Waals surface area contributed by atoms with Gasteiger partial charge in [0, 0.05) is 6.04 Å². The number of nitrogens with one attached hydrogen (secondary N) is 2. The van der Waals surface area contributed by atoms with E-state index >= 15 is 0 Å². The molecule has 1 aliphatic heterocycles. The molecule has 2 N–H and O–H groups in total. The quantitative estimate of drug-likeness (QED) is 0.791. The van der Waals surface area contributed by atoms with Crippen LogP contribution < -0.4 is 10.6 Å². The summed E-state index contributed by atoms with van der Waals surface area (Å²) in [5.41, 5.74) is 0. The first-order valence-electron chi connectivity index (χ1n) is 7.31. The maximum atomic E-state index is 12.1. The van der Waals surface area contributed by atoms with Gasteiger partial charge in [0.05, 0.1) is 6.04 Å². The van der Waals surface area contributed by atoms with Gasteiger partial charge in [0.1, 0.15) is 0 Å². The van der Waals surface area contributed by atoms with Crippen molar-refractivity contribution in [2.75, 3.05) is 6.54 Å². The lowest BCUT2D eigenvalue weighted by atomic mass is 9.84. The Kier molecular flexibility index (Phi) is 4.84. The second-order valence-electron chi connectivity index (χ2n) is 5.70. The van der Waals surface area contributed by atoms with E-state index in [-0.39, 0.29) is 11.9 Å². The molecule has 0 aromatic carbocycles. The van der Waals surface area contributed by atoms with E-state index < -0.39 is 0 Å². The molecule has 17 heavy (non-hydrogen) atoms. The normalized spacial score (nSPS) is 28.6. The third kappa shape index (κ3) is 3.70. The minimum absolute atomic E-state index is 0.0646. The van der Waals surface area contributed by atoms with Crippen LogP contribution in [0.3, 0.4) is 0 Å². The van der Waals surface area contributed by atoms with Crippen molar-refractivity contribution >= 4 is 5.91 Å². The summed E-state index contributed by atoms with van der Waals surface area (Å²) in [6.45, 7) is 3.17. The van der Waals surface area contributed by atoms with Crippen LogP contribution in [-0.4, -0.2) is 24.5 Å². The summed E-state index contributed by atoms with van der Waals surface area (Å²) in [4.78, 5) is 12.1. The molecule has 3 nitrogen and oxygen atoms in total. The SMILES string of the molecule is C[C@@H](NC(=O)C1CCCCN1)C1CCCCC1. The molecule has 98 valence electrons. The highest BCUT2D eigenvalue weighted by Gasteiger charge is 2.25. The van der Waals surface area contributed by atoms with E-state index in [4.69, 9.17) is 0 Å². The van der Waals surface area contributed by atoms with Crippen LogP contribution in [0.25, 0.3) is 0 Å². The third-order valence-electron chi connectivity index (χ3n) is 4.35. The Morgan fingerprint density at radius 3 is 2.47 bits per heavy atom. The molecule has 0 aromatic heterocycles. The number of amides is 1. The molecule has 0 radical (unpaired) electrons. The average Bonchev–Trinajstić information content (AvgIpc) is 2.40. The van der Waals surface area contributed by atoms with Crippen LogP contribution in [0.5, 0.6) is 0 Å². The van der Waals surface area contributed by atoms with E-state index in [9.17, 15) is 4.79 Å². The Morgan fingerprint density at radius 2 is 1.82 bits per heavy atom. The van der Waals surface area contributed by atoms with Crippen molar-refractivity contribution in [2.45, 2.75) is 70.4 Å². The van der Waals surface area contributed by atoms with Crippen molar-refractivity contribution in [2.24, 2.45) is 5.92 Å². The molecular formula is C14H26N2O. The topological polar surface area (TPSA) is 41.1 Å². The highest BCUT2D eigenvalue weighted by atomic mass is 16.2. The summed E-state index contributed by atoms with van der Waals surface area (Å²) in [6.07, 6.45) is 10.0. The summed E-state index contributed by atoms with van der Waals surface area (Å²) in [5, 5.41) is 6.53. The maximum Gasteiger partial charge on any atom is 0.237 e. The predicted molar refractivity (Wildman–Crippen MR) is 69.8 cm³/mol. The number of hydrogen-bond donors (Lipinski definition) is 2. The number of carbonyl (C=O) groups excluding carboxylic acids is 1. The summed E-state index contributed by atoms with van der Waals surface area (Å²) in [6, 6.07) is 0.418. The van der Waals surface area contributed by atoms with Gasteiger partial charge in [0.2, 0.25) is 5.91 Å². The molecular weight excluding hydrogens is 212 g/mol. The molecule has 1 saturated heterocycles. The highest BCUT2D eigenvalue weighted by molar-refractivity contribution is 5.82. The van der Waals surface area contributed by atoms with Crippen LogP contribution in [0.2, 0.25) is 0 Å². The van der Waals surface area contributed by atoms with E-state index in [1.165, 1.54) is 44.9 Å². The van der Waals surface area contributed by atoms with Gasteiger partial charge in [-0.1, -0.05) is 25.7 Å². The van der Waals surface area contributed by atoms with Gasteiger partial charge in [-0.05, 0) is 45.1 Å². The molecule has 2 aliphatic rings. The standard InChI is InChI=1S/C14H26N2O/c1-11(12-7-3-2-4-8-12)16-14(17)13-9-5-6-10-15-13/h11-13,15H,2-10H2,1H3,(H,16,17)/t11-,13?/m1/s1. The van der Waals surface area contributed by atoms with Crippen molar-refractivity contribution in [1.82, 2.24) is 10.6 Å². The van der Waals surface area contributed by atoms with Crippen LogP contribution in [-0.2, 0) is 4.79 Å². The first-order valence-corrected chi connectivity index (χ1v) is 7.31. The van der Waals surface area contributed by atoms with Crippen LogP contribution in [0.4, 0.5) is 0 Å². The summed E-state index contributed by atoms with van der Waals surface area (Å²) < 4.78 is 0. The van der Waals surface area contributed by atoms with Gasteiger partial charge < -0.3 is 10.6 Å². The van der Waals surface area contributed by atoms with Crippen LogP contribution in [0.15, 0.2) is 0 Å². The summed E-state index contributed by atoms with van der Waals surface area (Å²) in [7, 11) is 0. The maximum absolute atomic E-state index is 12.1. The van der Waals surface area contributed by atoms with Gasteiger partial charge in [-0.25, -0.2) is 0 Å². The second-order valence-corrected chi connectivity index (χ2v) is 5.70. The zero-order valence-electron chi connectivity index (χ0n) is 11.0. The monoisotopic (exact) mass is 238 g/mol.